The molecule has 6 nitrogen and oxygen atoms in total. The maximum absolute atomic E-state index is 13.1. The van der Waals surface area contributed by atoms with Crippen LogP contribution in [0.15, 0.2) is 60.8 Å². The van der Waals surface area contributed by atoms with Crippen LogP contribution in [-0.2, 0) is 14.3 Å². The largest absolute Gasteiger partial charge is 0.458 e. The van der Waals surface area contributed by atoms with E-state index >= 15 is 0 Å². The zero-order valence-electron chi connectivity index (χ0n) is 37.5. The molecule has 0 radical (unpaired) electrons. The van der Waals surface area contributed by atoms with Crippen molar-refractivity contribution in [1.82, 2.24) is 5.32 Å². The van der Waals surface area contributed by atoms with E-state index in [9.17, 15) is 19.8 Å². The lowest BCUT2D eigenvalue weighted by atomic mass is 10.0. The first-order chi connectivity index (χ1) is 28.0. The third-order valence-electron chi connectivity index (χ3n) is 10.6. The molecule has 0 aliphatic heterocycles. The van der Waals surface area contributed by atoms with Crippen LogP contribution in [0.5, 0.6) is 0 Å². The number of amides is 1. The predicted octanol–water partition coefficient (Wildman–Crippen LogP) is 14.1. The minimum Gasteiger partial charge on any atom is -0.458 e. The molecule has 0 bridgehead atoms. The second kappa shape index (κ2) is 44.7. The average molecular weight is 798 g/mol. The first-order valence-electron chi connectivity index (χ1n) is 24.0. The maximum atomic E-state index is 13.1. The molecule has 0 fully saturated rings. The Bertz CT molecular complexity index is 1030. The lowest BCUT2D eigenvalue weighted by Gasteiger charge is -2.23. The summed E-state index contributed by atoms with van der Waals surface area (Å²) in [6, 6.07) is -0.740. The lowest BCUT2D eigenvalue weighted by Crippen LogP contribution is -2.46. The smallest absolute Gasteiger partial charge is 0.306 e. The van der Waals surface area contributed by atoms with E-state index in [4.69, 9.17) is 4.74 Å². The zero-order chi connectivity index (χ0) is 41.7. The van der Waals surface area contributed by atoms with Crippen LogP contribution in [0.3, 0.4) is 0 Å². The molecule has 0 saturated heterocycles. The van der Waals surface area contributed by atoms with Gasteiger partial charge in [-0.15, -0.1) is 0 Å². The third kappa shape index (κ3) is 40.1. The van der Waals surface area contributed by atoms with E-state index in [2.05, 4.69) is 74.7 Å². The number of esters is 1. The van der Waals surface area contributed by atoms with Crippen molar-refractivity contribution in [3.63, 3.8) is 0 Å². The molecule has 3 atom stereocenters. The lowest BCUT2D eigenvalue weighted by molar-refractivity contribution is -0.148. The summed E-state index contributed by atoms with van der Waals surface area (Å²) in [5, 5.41) is 23.6. The standard InChI is InChI=1S/C51H91NO5/c1-4-7-10-13-16-19-22-24-26-28-30-33-36-39-42-47(57-51(56)44-41-38-35-32-21-18-15-12-9-6-3)45-50(55)52-48(46-53)49(54)43-40-37-34-31-29-27-25-23-20-17-14-11-8-5-2/h7,10,16,19,24,26,30,33,39,42,47-49,53-54H,4-6,8-9,11-15,17-18,20-23,25,27-29,31-32,34-38,40-41,43-46H2,1-3H3,(H,52,55)/b10-7+,19-16+,26-24+,33-30+,42-39+. The Morgan fingerprint density at radius 3 is 1.33 bits per heavy atom. The molecule has 0 spiro atoms. The molecule has 3 N–H and O–H groups in total. The fourth-order valence-electron chi connectivity index (χ4n) is 6.98. The SMILES string of the molecule is CC/C=C/C/C=C/C/C=C/C/C=C/C/C=C/C(CC(=O)NC(CO)C(O)CCCCCCCCCCCCCCCC)OC(=O)CCCCCCCCCCCC. The third-order valence-corrected chi connectivity index (χ3v) is 10.6. The zero-order valence-corrected chi connectivity index (χ0v) is 37.5. The molecule has 0 heterocycles. The van der Waals surface area contributed by atoms with E-state index in [0.29, 0.717) is 19.3 Å². The van der Waals surface area contributed by atoms with Gasteiger partial charge in [0, 0.05) is 6.42 Å². The molecule has 6 heteroatoms. The van der Waals surface area contributed by atoms with Crippen LogP contribution in [0.1, 0.15) is 226 Å². The molecule has 0 aliphatic carbocycles. The van der Waals surface area contributed by atoms with Crippen molar-refractivity contribution in [2.45, 2.75) is 244 Å². The van der Waals surface area contributed by atoms with Gasteiger partial charge < -0.3 is 20.3 Å². The van der Waals surface area contributed by atoms with Crippen molar-refractivity contribution in [3.05, 3.63) is 60.8 Å². The van der Waals surface area contributed by atoms with Crippen molar-refractivity contribution in [2.75, 3.05) is 6.61 Å². The second-order valence-electron chi connectivity index (χ2n) is 16.1. The number of aliphatic hydroxyl groups excluding tert-OH is 2. The Hall–Kier alpha value is -2.44. The molecular formula is C51H91NO5. The Balaban J connectivity index is 4.71. The van der Waals surface area contributed by atoms with Gasteiger partial charge in [0.25, 0.3) is 0 Å². The predicted molar refractivity (Wildman–Crippen MR) is 245 cm³/mol. The maximum Gasteiger partial charge on any atom is 0.306 e. The van der Waals surface area contributed by atoms with E-state index in [1.807, 2.05) is 6.08 Å². The number of nitrogens with one attached hydrogen (secondary N) is 1. The first-order valence-corrected chi connectivity index (χ1v) is 24.0. The summed E-state index contributed by atoms with van der Waals surface area (Å²) >= 11 is 0. The van der Waals surface area contributed by atoms with Crippen LogP contribution in [0.4, 0.5) is 0 Å². The second-order valence-corrected chi connectivity index (χ2v) is 16.1. The van der Waals surface area contributed by atoms with Gasteiger partial charge in [0.05, 0.1) is 25.2 Å². The minimum atomic E-state index is -0.817. The van der Waals surface area contributed by atoms with Crippen LogP contribution < -0.4 is 5.32 Å². The molecule has 1 amide bonds. The molecule has 330 valence electrons. The minimum absolute atomic E-state index is 0.0451. The number of unbranched alkanes of at least 4 members (excludes halogenated alkanes) is 22. The Kier molecular flexibility index (Phi) is 42.7. The van der Waals surface area contributed by atoms with Crippen molar-refractivity contribution < 1.29 is 24.5 Å². The van der Waals surface area contributed by atoms with Gasteiger partial charge in [-0.2, -0.15) is 0 Å². The highest BCUT2D eigenvalue weighted by Gasteiger charge is 2.23. The topological polar surface area (TPSA) is 95.9 Å². The number of hydrogen-bond donors (Lipinski definition) is 3. The van der Waals surface area contributed by atoms with E-state index in [1.54, 1.807) is 6.08 Å². The van der Waals surface area contributed by atoms with Crippen LogP contribution >= 0.6 is 0 Å². The Morgan fingerprint density at radius 2 is 0.912 bits per heavy atom. The van der Waals surface area contributed by atoms with Crippen LogP contribution in [0.25, 0.3) is 0 Å². The van der Waals surface area contributed by atoms with Gasteiger partial charge in [-0.25, -0.2) is 0 Å². The molecule has 0 aromatic heterocycles. The van der Waals surface area contributed by atoms with Crippen molar-refractivity contribution in [1.29, 1.82) is 0 Å². The first kappa shape index (κ1) is 54.6. The summed E-state index contributed by atoms with van der Waals surface area (Å²) in [4.78, 5) is 25.9. The molecule has 0 saturated carbocycles. The summed E-state index contributed by atoms with van der Waals surface area (Å²) in [5.74, 6) is -0.628. The average Bonchev–Trinajstić information content (AvgIpc) is 3.20. The van der Waals surface area contributed by atoms with Gasteiger partial charge >= 0.3 is 5.97 Å². The van der Waals surface area contributed by atoms with E-state index in [-0.39, 0.29) is 24.9 Å². The van der Waals surface area contributed by atoms with Gasteiger partial charge in [0.2, 0.25) is 5.91 Å². The van der Waals surface area contributed by atoms with Gasteiger partial charge in [-0.1, -0.05) is 223 Å². The fourth-order valence-corrected chi connectivity index (χ4v) is 6.98. The summed E-state index contributed by atoms with van der Waals surface area (Å²) in [5.41, 5.74) is 0. The van der Waals surface area contributed by atoms with Crippen molar-refractivity contribution >= 4 is 11.9 Å². The molecule has 57 heavy (non-hydrogen) atoms. The van der Waals surface area contributed by atoms with Crippen LogP contribution in [0, 0.1) is 0 Å². The summed E-state index contributed by atoms with van der Waals surface area (Å²) in [6.07, 6.45) is 54.5. The van der Waals surface area contributed by atoms with Crippen LogP contribution in [0.2, 0.25) is 0 Å². The Labute approximate surface area is 352 Å². The Morgan fingerprint density at radius 1 is 0.526 bits per heavy atom. The van der Waals surface area contributed by atoms with Gasteiger partial charge in [-0.05, 0) is 51.0 Å². The highest BCUT2D eigenvalue weighted by atomic mass is 16.5. The number of carbonyl (C=O) groups is 2. The van der Waals surface area contributed by atoms with Crippen molar-refractivity contribution in [3.8, 4) is 0 Å². The van der Waals surface area contributed by atoms with Crippen LogP contribution in [-0.4, -0.2) is 46.9 Å². The van der Waals surface area contributed by atoms with Gasteiger partial charge in [-0.3, -0.25) is 9.59 Å². The number of aliphatic hydroxyl groups is 2. The highest BCUT2D eigenvalue weighted by molar-refractivity contribution is 5.78. The van der Waals surface area contributed by atoms with E-state index < -0.39 is 18.2 Å². The summed E-state index contributed by atoms with van der Waals surface area (Å²) in [7, 11) is 0. The number of ether oxygens (including phenoxy) is 1. The number of hydrogen-bond acceptors (Lipinski definition) is 5. The normalized spacial score (nSPS) is 13.8. The monoisotopic (exact) mass is 798 g/mol. The van der Waals surface area contributed by atoms with E-state index in [0.717, 1.165) is 64.2 Å². The molecule has 0 aliphatic rings. The molecule has 0 aromatic carbocycles. The molecule has 0 aromatic rings. The number of allylic oxidation sites excluding steroid dienone is 9. The summed E-state index contributed by atoms with van der Waals surface area (Å²) < 4.78 is 5.79. The van der Waals surface area contributed by atoms with Gasteiger partial charge in [0.1, 0.15) is 6.10 Å². The summed E-state index contributed by atoms with van der Waals surface area (Å²) in [6.45, 7) is 6.31. The van der Waals surface area contributed by atoms with E-state index in [1.165, 1.54) is 116 Å². The molecular weight excluding hydrogens is 707 g/mol. The molecule has 3 unspecified atom stereocenters. The van der Waals surface area contributed by atoms with Crippen molar-refractivity contribution in [2.24, 2.45) is 0 Å². The fraction of sp³-hybridized carbons (Fsp3) is 0.765. The number of rotatable bonds is 42. The molecule has 0 rings (SSSR count). The van der Waals surface area contributed by atoms with Gasteiger partial charge in [0.15, 0.2) is 0 Å². The number of carbonyl (C=O) groups excluding carboxylic acids is 2. The highest BCUT2D eigenvalue weighted by Crippen LogP contribution is 2.16. The quantitative estimate of drug-likeness (QED) is 0.0325.